The maximum atomic E-state index is 12.2. The molecule has 1 fully saturated rings. The molecule has 2 N–H and O–H groups in total. The van der Waals surface area contributed by atoms with Crippen molar-refractivity contribution in [2.75, 3.05) is 26.3 Å². The summed E-state index contributed by atoms with van der Waals surface area (Å²) in [4.78, 5) is 18.1. The van der Waals surface area contributed by atoms with Gasteiger partial charge in [0.1, 0.15) is 0 Å². The van der Waals surface area contributed by atoms with Gasteiger partial charge in [0.25, 0.3) is 0 Å². The second-order valence-corrected chi connectivity index (χ2v) is 4.77. The van der Waals surface area contributed by atoms with E-state index in [2.05, 4.69) is 4.98 Å². The molecule has 0 aliphatic carbocycles. The van der Waals surface area contributed by atoms with Crippen molar-refractivity contribution >= 4 is 5.91 Å². The Kier molecular flexibility index (Phi) is 5.30. The molecular weight excluding hydrogens is 242 g/mol. The highest BCUT2D eigenvalue weighted by molar-refractivity contribution is 5.76. The Morgan fingerprint density at radius 2 is 2.47 bits per heavy atom. The van der Waals surface area contributed by atoms with E-state index < -0.39 is 0 Å². The topological polar surface area (TPSA) is 68.5 Å². The number of carbonyl (C=O) groups excluding carboxylic acids is 1. The molecular formula is C14H21N3O2. The molecule has 1 amide bonds. The predicted octanol–water partition coefficient (Wildman–Crippen LogP) is 0.590. The van der Waals surface area contributed by atoms with Gasteiger partial charge in [-0.2, -0.15) is 0 Å². The smallest absolute Gasteiger partial charge is 0.223 e. The van der Waals surface area contributed by atoms with Crippen LogP contribution in [-0.2, 0) is 16.0 Å². The molecule has 0 aromatic carbocycles. The first-order valence-electron chi connectivity index (χ1n) is 6.77. The van der Waals surface area contributed by atoms with E-state index in [1.807, 2.05) is 23.2 Å². The zero-order chi connectivity index (χ0) is 13.5. The van der Waals surface area contributed by atoms with Gasteiger partial charge in [-0.3, -0.25) is 9.78 Å². The third-order valence-electron chi connectivity index (χ3n) is 3.40. The van der Waals surface area contributed by atoms with Crippen LogP contribution in [0, 0.1) is 0 Å². The van der Waals surface area contributed by atoms with Crippen LogP contribution in [0.2, 0.25) is 0 Å². The molecule has 2 heterocycles. The number of ether oxygens (including phenoxy) is 1. The van der Waals surface area contributed by atoms with Gasteiger partial charge in [0, 0.05) is 31.9 Å². The second-order valence-electron chi connectivity index (χ2n) is 4.77. The number of aromatic nitrogens is 1. The molecule has 1 saturated heterocycles. The fraction of sp³-hybridized carbons (Fsp3) is 0.571. The molecule has 2 rings (SSSR count). The van der Waals surface area contributed by atoms with Gasteiger partial charge >= 0.3 is 0 Å². The van der Waals surface area contributed by atoms with Crippen molar-refractivity contribution < 1.29 is 9.53 Å². The number of nitrogens with zero attached hydrogens (tertiary/aromatic N) is 2. The Balaban J connectivity index is 1.77. The van der Waals surface area contributed by atoms with Gasteiger partial charge in [0.2, 0.25) is 5.91 Å². The minimum atomic E-state index is 0.0413. The minimum absolute atomic E-state index is 0.0413. The summed E-state index contributed by atoms with van der Waals surface area (Å²) >= 11 is 0. The average Bonchev–Trinajstić information content (AvgIpc) is 2.48. The van der Waals surface area contributed by atoms with Crippen LogP contribution in [0.4, 0.5) is 0 Å². The lowest BCUT2D eigenvalue weighted by Crippen LogP contribution is -2.52. The molecule has 19 heavy (non-hydrogen) atoms. The first-order chi connectivity index (χ1) is 9.31. The van der Waals surface area contributed by atoms with Gasteiger partial charge in [-0.1, -0.05) is 6.07 Å². The van der Waals surface area contributed by atoms with Crippen molar-refractivity contribution in [3.05, 3.63) is 30.1 Å². The Morgan fingerprint density at radius 3 is 3.21 bits per heavy atom. The van der Waals surface area contributed by atoms with Crippen LogP contribution in [0.25, 0.3) is 0 Å². The normalized spacial score (nSPS) is 19.4. The highest BCUT2D eigenvalue weighted by Gasteiger charge is 2.25. The summed E-state index contributed by atoms with van der Waals surface area (Å²) in [5.41, 5.74) is 6.84. The Bertz CT molecular complexity index is 397. The van der Waals surface area contributed by atoms with Gasteiger partial charge in [-0.25, -0.2) is 0 Å². The first kappa shape index (κ1) is 14.0. The molecule has 104 valence electrons. The molecule has 1 aliphatic rings. The van der Waals surface area contributed by atoms with Crippen molar-refractivity contribution in [3.8, 4) is 0 Å². The summed E-state index contributed by atoms with van der Waals surface area (Å²) in [6, 6.07) is 4.00. The molecule has 1 aliphatic heterocycles. The summed E-state index contributed by atoms with van der Waals surface area (Å²) in [5, 5.41) is 0. The standard InChI is InChI=1S/C14H21N3O2/c15-9-13-11-19-8-7-17(13)14(18)5-1-3-12-4-2-6-16-10-12/h2,4,6,10,13H,1,3,5,7-9,11,15H2. The fourth-order valence-electron chi connectivity index (χ4n) is 2.31. The molecule has 1 aromatic heterocycles. The minimum Gasteiger partial charge on any atom is -0.377 e. The lowest BCUT2D eigenvalue weighted by Gasteiger charge is -2.35. The van der Waals surface area contributed by atoms with E-state index in [0.29, 0.717) is 32.7 Å². The van der Waals surface area contributed by atoms with E-state index in [-0.39, 0.29) is 11.9 Å². The highest BCUT2D eigenvalue weighted by Crippen LogP contribution is 2.10. The maximum absolute atomic E-state index is 12.2. The molecule has 1 aromatic rings. The van der Waals surface area contributed by atoms with E-state index in [4.69, 9.17) is 10.5 Å². The van der Waals surface area contributed by atoms with Crippen LogP contribution in [0.3, 0.4) is 0 Å². The lowest BCUT2D eigenvalue weighted by molar-refractivity contribution is -0.139. The average molecular weight is 263 g/mol. The van der Waals surface area contributed by atoms with E-state index >= 15 is 0 Å². The largest absolute Gasteiger partial charge is 0.377 e. The SMILES string of the molecule is NCC1COCCN1C(=O)CCCc1cccnc1. The monoisotopic (exact) mass is 263 g/mol. The molecule has 1 unspecified atom stereocenters. The van der Waals surface area contributed by atoms with Crippen molar-refractivity contribution in [2.45, 2.75) is 25.3 Å². The van der Waals surface area contributed by atoms with Crippen molar-refractivity contribution in [3.63, 3.8) is 0 Å². The Morgan fingerprint density at radius 1 is 1.58 bits per heavy atom. The van der Waals surface area contributed by atoms with E-state index in [0.717, 1.165) is 12.8 Å². The quantitative estimate of drug-likeness (QED) is 0.844. The van der Waals surface area contributed by atoms with Crippen LogP contribution < -0.4 is 5.73 Å². The zero-order valence-corrected chi connectivity index (χ0v) is 11.1. The number of amides is 1. The van der Waals surface area contributed by atoms with Crippen LogP contribution in [0.15, 0.2) is 24.5 Å². The summed E-state index contributed by atoms with van der Waals surface area (Å²) in [7, 11) is 0. The van der Waals surface area contributed by atoms with Crippen LogP contribution >= 0.6 is 0 Å². The number of hydrogen-bond acceptors (Lipinski definition) is 4. The van der Waals surface area contributed by atoms with Crippen LogP contribution in [-0.4, -0.2) is 48.1 Å². The number of rotatable bonds is 5. The van der Waals surface area contributed by atoms with Gasteiger partial charge in [0.15, 0.2) is 0 Å². The van der Waals surface area contributed by atoms with E-state index in [9.17, 15) is 4.79 Å². The lowest BCUT2D eigenvalue weighted by atomic mass is 10.1. The molecule has 5 nitrogen and oxygen atoms in total. The molecule has 5 heteroatoms. The van der Waals surface area contributed by atoms with E-state index in [1.165, 1.54) is 5.56 Å². The van der Waals surface area contributed by atoms with Gasteiger partial charge in [-0.15, -0.1) is 0 Å². The van der Waals surface area contributed by atoms with Crippen molar-refractivity contribution in [2.24, 2.45) is 5.73 Å². The van der Waals surface area contributed by atoms with E-state index in [1.54, 1.807) is 6.20 Å². The van der Waals surface area contributed by atoms with Gasteiger partial charge < -0.3 is 15.4 Å². The second kappa shape index (κ2) is 7.21. The molecule has 0 spiro atoms. The first-order valence-corrected chi connectivity index (χ1v) is 6.77. The van der Waals surface area contributed by atoms with Crippen molar-refractivity contribution in [1.29, 1.82) is 0 Å². The number of morpholine rings is 1. The number of aryl methyl sites for hydroxylation is 1. The third-order valence-corrected chi connectivity index (χ3v) is 3.40. The van der Waals surface area contributed by atoms with Gasteiger partial charge in [-0.05, 0) is 24.5 Å². The summed E-state index contributed by atoms with van der Waals surface area (Å²) < 4.78 is 5.35. The van der Waals surface area contributed by atoms with Crippen LogP contribution in [0.5, 0.6) is 0 Å². The van der Waals surface area contributed by atoms with Crippen molar-refractivity contribution in [1.82, 2.24) is 9.88 Å². The molecule has 0 saturated carbocycles. The summed E-state index contributed by atoms with van der Waals surface area (Å²) in [6.07, 6.45) is 5.90. The highest BCUT2D eigenvalue weighted by atomic mass is 16.5. The third kappa shape index (κ3) is 4.01. The molecule has 0 bridgehead atoms. The molecule has 1 atom stereocenters. The number of pyridine rings is 1. The predicted molar refractivity (Wildman–Crippen MR) is 72.5 cm³/mol. The Labute approximate surface area is 113 Å². The summed E-state index contributed by atoms with van der Waals surface area (Å²) in [5.74, 6) is 0.183. The van der Waals surface area contributed by atoms with Crippen LogP contribution in [0.1, 0.15) is 18.4 Å². The number of hydrogen-bond donors (Lipinski definition) is 1. The number of carbonyl (C=O) groups is 1. The fourth-order valence-corrected chi connectivity index (χ4v) is 2.31. The zero-order valence-electron chi connectivity index (χ0n) is 11.1. The number of nitrogens with two attached hydrogens (primary N) is 1. The molecule has 0 radical (unpaired) electrons. The maximum Gasteiger partial charge on any atom is 0.223 e. The Hall–Kier alpha value is -1.46. The summed E-state index contributed by atoms with van der Waals surface area (Å²) in [6.45, 7) is 2.30. The van der Waals surface area contributed by atoms with Gasteiger partial charge in [0.05, 0.1) is 19.3 Å².